The first-order valence-corrected chi connectivity index (χ1v) is 7.20. The average molecular weight is 302 g/mol. The average Bonchev–Trinajstić information content (AvgIpc) is 3.31. The van der Waals surface area contributed by atoms with Crippen molar-refractivity contribution in [2.24, 2.45) is 0 Å². The normalized spacial score (nSPS) is 15.2. The van der Waals surface area contributed by atoms with Crippen LogP contribution >= 0.6 is 0 Å². The lowest BCUT2D eigenvalue weighted by Gasteiger charge is -2.20. The number of nitrogens with one attached hydrogen (secondary N) is 2. The fraction of sp³-hybridized carbons (Fsp3) is 0.235. The molecule has 2 N–H and O–H groups in total. The van der Waals surface area contributed by atoms with Crippen LogP contribution in [0.15, 0.2) is 48.5 Å². The number of hydrogen-bond acceptors (Lipinski definition) is 2. The van der Waals surface area contributed by atoms with Crippen LogP contribution in [-0.4, -0.2) is 11.9 Å². The van der Waals surface area contributed by atoms with Gasteiger partial charge >= 0.3 is 0 Å². The Morgan fingerprint density at radius 1 is 0.955 bits per heavy atom. The minimum Gasteiger partial charge on any atom is -0.370 e. The Kier molecular flexibility index (Phi) is 4.04. The summed E-state index contributed by atoms with van der Waals surface area (Å²) in [4.78, 5) is 12.4. The quantitative estimate of drug-likeness (QED) is 0.889. The number of halogens is 2. The molecule has 1 atom stereocenters. The first kappa shape index (κ1) is 14.5. The Morgan fingerprint density at radius 2 is 1.50 bits per heavy atom. The lowest BCUT2D eigenvalue weighted by molar-refractivity contribution is -0.122. The SMILES string of the molecule is O=C(NC1CC1)[C@@H](Nc1ccc(F)cc1)c1ccc(F)cc1. The molecule has 1 fully saturated rings. The largest absolute Gasteiger partial charge is 0.370 e. The second kappa shape index (κ2) is 6.13. The summed E-state index contributed by atoms with van der Waals surface area (Å²) in [6, 6.07) is 11.1. The summed E-state index contributed by atoms with van der Waals surface area (Å²) in [5.41, 5.74) is 1.28. The van der Waals surface area contributed by atoms with Crippen LogP contribution in [0, 0.1) is 11.6 Å². The van der Waals surface area contributed by atoms with Crippen molar-refractivity contribution in [3.05, 3.63) is 65.7 Å². The molecule has 0 radical (unpaired) electrons. The summed E-state index contributed by atoms with van der Waals surface area (Å²) in [5, 5.41) is 6.00. The standard InChI is InChI=1S/C17H16F2N2O/c18-12-3-1-11(2-4-12)16(17(22)21-15-9-10-15)20-14-7-5-13(19)6-8-14/h1-8,15-16,20H,9-10H2,(H,21,22)/t16-/m0/s1. The van der Waals surface area contributed by atoms with Gasteiger partial charge in [0.15, 0.2) is 0 Å². The highest BCUT2D eigenvalue weighted by Crippen LogP contribution is 2.24. The molecule has 0 aliphatic heterocycles. The highest BCUT2D eigenvalue weighted by molar-refractivity contribution is 5.86. The molecule has 1 saturated carbocycles. The van der Waals surface area contributed by atoms with Gasteiger partial charge in [-0.25, -0.2) is 8.78 Å². The zero-order valence-electron chi connectivity index (χ0n) is 11.9. The van der Waals surface area contributed by atoms with Crippen molar-refractivity contribution < 1.29 is 13.6 Å². The summed E-state index contributed by atoms with van der Waals surface area (Å²) < 4.78 is 26.1. The van der Waals surface area contributed by atoms with Crippen LogP contribution in [0.1, 0.15) is 24.4 Å². The number of amides is 1. The fourth-order valence-electron chi connectivity index (χ4n) is 2.18. The molecular formula is C17H16F2N2O. The minimum atomic E-state index is -0.647. The number of carbonyl (C=O) groups is 1. The summed E-state index contributed by atoms with van der Waals surface area (Å²) in [6.45, 7) is 0. The van der Waals surface area contributed by atoms with Gasteiger partial charge in [0.05, 0.1) is 0 Å². The third-order valence-electron chi connectivity index (χ3n) is 3.54. The van der Waals surface area contributed by atoms with E-state index in [1.807, 2.05) is 0 Å². The second-order valence-electron chi connectivity index (χ2n) is 5.42. The van der Waals surface area contributed by atoms with E-state index in [0.717, 1.165) is 12.8 Å². The molecule has 0 heterocycles. The van der Waals surface area contributed by atoms with Gasteiger partial charge in [-0.05, 0) is 54.8 Å². The summed E-state index contributed by atoms with van der Waals surface area (Å²) in [7, 11) is 0. The Morgan fingerprint density at radius 3 is 2.05 bits per heavy atom. The number of rotatable bonds is 5. The molecule has 2 aromatic carbocycles. The smallest absolute Gasteiger partial charge is 0.247 e. The first-order valence-electron chi connectivity index (χ1n) is 7.20. The van der Waals surface area contributed by atoms with E-state index in [1.54, 1.807) is 24.3 Å². The third-order valence-corrected chi connectivity index (χ3v) is 3.54. The second-order valence-corrected chi connectivity index (χ2v) is 5.42. The van der Waals surface area contributed by atoms with Crippen LogP contribution in [0.4, 0.5) is 14.5 Å². The number of hydrogen-bond donors (Lipinski definition) is 2. The van der Waals surface area contributed by atoms with Gasteiger partial charge < -0.3 is 10.6 Å². The van der Waals surface area contributed by atoms with Gasteiger partial charge in [0, 0.05) is 11.7 Å². The number of benzene rings is 2. The molecule has 1 aliphatic rings. The molecule has 3 rings (SSSR count). The van der Waals surface area contributed by atoms with E-state index in [0.29, 0.717) is 11.3 Å². The van der Waals surface area contributed by atoms with E-state index in [4.69, 9.17) is 0 Å². The van der Waals surface area contributed by atoms with Gasteiger partial charge in [-0.1, -0.05) is 12.1 Å². The summed E-state index contributed by atoms with van der Waals surface area (Å²) >= 11 is 0. The van der Waals surface area contributed by atoms with Crippen molar-refractivity contribution >= 4 is 11.6 Å². The van der Waals surface area contributed by atoms with Crippen molar-refractivity contribution in [3.8, 4) is 0 Å². The summed E-state index contributed by atoms with van der Waals surface area (Å²) in [6.07, 6.45) is 1.97. The Labute approximate surface area is 127 Å². The van der Waals surface area contributed by atoms with Crippen molar-refractivity contribution in [1.29, 1.82) is 0 Å². The minimum absolute atomic E-state index is 0.168. The third kappa shape index (κ3) is 3.61. The van der Waals surface area contributed by atoms with Gasteiger partial charge in [0.2, 0.25) is 5.91 Å². The molecule has 0 bridgehead atoms. The highest BCUT2D eigenvalue weighted by Gasteiger charge is 2.28. The molecule has 0 saturated heterocycles. The maximum Gasteiger partial charge on any atom is 0.247 e. The van der Waals surface area contributed by atoms with Crippen LogP contribution in [0.5, 0.6) is 0 Å². The number of carbonyl (C=O) groups excluding carboxylic acids is 1. The molecule has 1 amide bonds. The first-order chi connectivity index (χ1) is 10.6. The maximum atomic E-state index is 13.1. The topological polar surface area (TPSA) is 41.1 Å². The van der Waals surface area contributed by atoms with Gasteiger partial charge in [0.1, 0.15) is 17.7 Å². The molecule has 0 spiro atoms. The lowest BCUT2D eigenvalue weighted by atomic mass is 10.1. The van der Waals surface area contributed by atoms with Crippen LogP contribution < -0.4 is 10.6 Å². The molecule has 22 heavy (non-hydrogen) atoms. The highest BCUT2D eigenvalue weighted by atomic mass is 19.1. The van der Waals surface area contributed by atoms with Crippen LogP contribution in [0.25, 0.3) is 0 Å². The molecule has 0 unspecified atom stereocenters. The Hall–Kier alpha value is -2.43. The van der Waals surface area contributed by atoms with Gasteiger partial charge in [-0.2, -0.15) is 0 Å². The molecule has 0 aromatic heterocycles. The maximum absolute atomic E-state index is 13.1. The van der Waals surface area contributed by atoms with E-state index in [2.05, 4.69) is 10.6 Å². The van der Waals surface area contributed by atoms with E-state index < -0.39 is 6.04 Å². The van der Waals surface area contributed by atoms with E-state index in [1.165, 1.54) is 24.3 Å². The predicted octanol–water partition coefficient (Wildman–Crippen LogP) is 3.40. The zero-order valence-corrected chi connectivity index (χ0v) is 11.9. The van der Waals surface area contributed by atoms with Crippen LogP contribution in [-0.2, 0) is 4.79 Å². The molecular weight excluding hydrogens is 286 g/mol. The number of anilines is 1. The Balaban J connectivity index is 1.82. The van der Waals surface area contributed by atoms with Crippen molar-refractivity contribution in [2.75, 3.05) is 5.32 Å². The molecule has 114 valence electrons. The fourth-order valence-corrected chi connectivity index (χ4v) is 2.18. The molecule has 2 aromatic rings. The van der Waals surface area contributed by atoms with Crippen LogP contribution in [0.3, 0.4) is 0 Å². The van der Waals surface area contributed by atoms with Crippen molar-refractivity contribution in [2.45, 2.75) is 24.9 Å². The summed E-state index contributed by atoms with van der Waals surface area (Å²) in [5.74, 6) is -0.864. The molecule has 1 aliphatic carbocycles. The van der Waals surface area contributed by atoms with Crippen LogP contribution in [0.2, 0.25) is 0 Å². The predicted molar refractivity (Wildman–Crippen MR) is 80.3 cm³/mol. The molecule has 5 heteroatoms. The van der Waals surface area contributed by atoms with Crippen molar-refractivity contribution in [3.63, 3.8) is 0 Å². The van der Waals surface area contributed by atoms with Gasteiger partial charge in [-0.15, -0.1) is 0 Å². The van der Waals surface area contributed by atoms with Gasteiger partial charge in [-0.3, -0.25) is 4.79 Å². The molecule has 3 nitrogen and oxygen atoms in total. The monoisotopic (exact) mass is 302 g/mol. The van der Waals surface area contributed by atoms with Gasteiger partial charge in [0.25, 0.3) is 0 Å². The van der Waals surface area contributed by atoms with E-state index in [9.17, 15) is 13.6 Å². The van der Waals surface area contributed by atoms with E-state index >= 15 is 0 Å². The lowest BCUT2D eigenvalue weighted by Crippen LogP contribution is -2.34. The van der Waals surface area contributed by atoms with E-state index in [-0.39, 0.29) is 23.6 Å². The van der Waals surface area contributed by atoms with Crippen molar-refractivity contribution in [1.82, 2.24) is 5.32 Å². The Bertz CT molecular complexity index is 651. The zero-order chi connectivity index (χ0) is 15.5.